The molecule has 0 aliphatic heterocycles. The van der Waals surface area contributed by atoms with Gasteiger partial charge in [0.2, 0.25) is 0 Å². The summed E-state index contributed by atoms with van der Waals surface area (Å²) in [6, 6.07) is 14.2. The number of carbonyl (C=O) groups is 1. The lowest BCUT2D eigenvalue weighted by Gasteiger charge is -2.30. The van der Waals surface area contributed by atoms with Crippen molar-refractivity contribution in [2.45, 2.75) is 51.7 Å². The number of fused-ring (bicyclic) bond motifs is 1. The summed E-state index contributed by atoms with van der Waals surface area (Å²) in [6.07, 6.45) is 4.85. The molecule has 36 heavy (non-hydrogen) atoms. The minimum Gasteiger partial charge on any atom is -0.384 e. The van der Waals surface area contributed by atoms with Gasteiger partial charge in [0.15, 0.2) is 0 Å². The Balaban J connectivity index is 1.62. The van der Waals surface area contributed by atoms with E-state index in [0.29, 0.717) is 41.2 Å². The number of pyridine rings is 2. The average Bonchev–Trinajstić information content (AvgIpc) is 2.83. The van der Waals surface area contributed by atoms with Crippen LogP contribution in [0.2, 0.25) is 0 Å². The average molecular weight is 489 g/mol. The molecule has 4 rings (SSSR count). The third kappa shape index (κ3) is 6.01. The molecule has 0 radical (unpaired) electrons. The van der Waals surface area contributed by atoms with Crippen molar-refractivity contribution in [3.63, 3.8) is 0 Å². The molecule has 1 amide bonds. The van der Waals surface area contributed by atoms with Crippen molar-refractivity contribution in [2.24, 2.45) is 0 Å². The van der Waals surface area contributed by atoms with Crippen LogP contribution in [0.25, 0.3) is 0 Å². The molecule has 1 atom stereocenters. The predicted octanol–water partition coefficient (Wildman–Crippen LogP) is 4.36. The Kier molecular flexibility index (Phi) is 7.56. The van der Waals surface area contributed by atoms with Crippen molar-refractivity contribution in [2.75, 3.05) is 31.3 Å². The van der Waals surface area contributed by atoms with Crippen LogP contribution >= 0.6 is 0 Å². The van der Waals surface area contributed by atoms with Gasteiger partial charge < -0.3 is 26.0 Å². The molecule has 0 bridgehead atoms. The van der Waals surface area contributed by atoms with E-state index in [2.05, 4.69) is 63.1 Å². The van der Waals surface area contributed by atoms with Gasteiger partial charge in [0.1, 0.15) is 17.2 Å². The number of hydrogen-bond donors (Lipinski definition) is 4. The van der Waals surface area contributed by atoms with E-state index in [1.807, 2.05) is 19.1 Å². The number of nitrogens with zero attached hydrogens (tertiary/aromatic N) is 3. The van der Waals surface area contributed by atoms with Gasteiger partial charge in [-0.3, -0.25) is 4.79 Å². The van der Waals surface area contributed by atoms with Crippen LogP contribution in [0.15, 0.2) is 48.7 Å². The number of carbonyl (C=O) groups excluding carboxylic acids is 1. The fourth-order valence-electron chi connectivity index (χ4n) is 4.45. The number of hydrogen-bond acceptors (Lipinski definition) is 7. The topological polar surface area (TPSA) is 102 Å². The smallest absolute Gasteiger partial charge is 0.254 e. The second kappa shape index (κ2) is 10.6. The minimum absolute atomic E-state index is 0.221. The fraction of sp³-hybridized carbons (Fsp3) is 0.393. The lowest BCUT2D eigenvalue weighted by atomic mass is 9.87. The van der Waals surface area contributed by atoms with Crippen LogP contribution in [0, 0.1) is 0 Å². The Hall–Kier alpha value is -3.49. The molecule has 190 valence electrons. The van der Waals surface area contributed by atoms with Gasteiger partial charge in [-0.2, -0.15) is 0 Å². The van der Waals surface area contributed by atoms with E-state index in [9.17, 15) is 9.90 Å². The highest BCUT2D eigenvalue weighted by Gasteiger charge is 2.21. The van der Waals surface area contributed by atoms with Crippen molar-refractivity contribution in [3.8, 4) is 0 Å². The summed E-state index contributed by atoms with van der Waals surface area (Å²) in [5, 5.41) is 19.8. The van der Waals surface area contributed by atoms with Crippen LogP contribution in [0.1, 0.15) is 54.4 Å². The maximum absolute atomic E-state index is 12.7. The molecule has 0 fully saturated rings. The molecule has 1 aromatic carbocycles. The monoisotopic (exact) mass is 488 g/mol. The lowest BCUT2D eigenvalue weighted by molar-refractivity contribution is 0.0740. The number of anilines is 4. The van der Waals surface area contributed by atoms with Gasteiger partial charge in [-0.1, -0.05) is 12.1 Å². The van der Waals surface area contributed by atoms with E-state index in [0.717, 1.165) is 18.5 Å². The normalized spacial score (nSPS) is 15.4. The fourth-order valence-corrected chi connectivity index (χ4v) is 4.45. The molecular formula is C28H36N6O2. The second-order valence-electron chi connectivity index (χ2n) is 10.0. The summed E-state index contributed by atoms with van der Waals surface area (Å²) in [7, 11) is 4.27. The van der Waals surface area contributed by atoms with Gasteiger partial charge in [-0.25, -0.2) is 9.97 Å². The third-order valence-corrected chi connectivity index (χ3v) is 6.54. The third-order valence-electron chi connectivity index (χ3n) is 6.54. The molecule has 2 heterocycles. The highest BCUT2D eigenvalue weighted by Crippen LogP contribution is 2.29. The maximum Gasteiger partial charge on any atom is 0.254 e. The van der Waals surface area contributed by atoms with Gasteiger partial charge in [-0.05, 0) is 89.5 Å². The van der Waals surface area contributed by atoms with Crippen LogP contribution in [-0.2, 0) is 18.4 Å². The SMILES string of the molecule is CCNC(=O)c1cnc(Nc2ccc3c(c2)CC(N(C)C)CC3)cc1Nc1cccc(C(C)(C)O)n1. The van der Waals surface area contributed by atoms with Crippen LogP contribution in [0.5, 0.6) is 0 Å². The summed E-state index contributed by atoms with van der Waals surface area (Å²) in [5.74, 6) is 0.922. The zero-order chi connectivity index (χ0) is 25.9. The number of benzene rings is 1. The summed E-state index contributed by atoms with van der Waals surface area (Å²) < 4.78 is 0. The first-order valence-electron chi connectivity index (χ1n) is 12.4. The summed E-state index contributed by atoms with van der Waals surface area (Å²) in [6.45, 7) is 5.76. The molecule has 4 N–H and O–H groups in total. The number of rotatable bonds is 8. The quantitative estimate of drug-likeness (QED) is 0.374. The minimum atomic E-state index is -1.08. The second-order valence-corrected chi connectivity index (χ2v) is 10.0. The summed E-state index contributed by atoms with van der Waals surface area (Å²) in [4.78, 5) is 24.1. The van der Waals surface area contributed by atoms with Crippen molar-refractivity contribution in [1.29, 1.82) is 0 Å². The van der Waals surface area contributed by atoms with E-state index in [-0.39, 0.29) is 5.91 Å². The molecular weight excluding hydrogens is 452 g/mol. The number of aliphatic hydroxyl groups is 1. The van der Waals surface area contributed by atoms with E-state index in [1.54, 1.807) is 32.2 Å². The van der Waals surface area contributed by atoms with Gasteiger partial charge in [0, 0.05) is 30.5 Å². The molecule has 8 heteroatoms. The molecule has 0 saturated carbocycles. The van der Waals surface area contributed by atoms with Gasteiger partial charge in [0.25, 0.3) is 5.91 Å². The lowest BCUT2D eigenvalue weighted by Crippen LogP contribution is -2.33. The highest BCUT2D eigenvalue weighted by atomic mass is 16.3. The van der Waals surface area contributed by atoms with Crippen LogP contribution in [0.3, 0.4) is 0 Å². The van der Waals surface area contributed by atoms with E-state index in [4.69, 9.17) is 0 Å². The molecule has 1 aliphatic carbocycles. The molecule has 0 spiro atoms. The molecule has 8 nitrogen and oxygen atoms in total. The van der Waals surface area contributed by atoms with E-state index < -0.39 is 5.60 Å². The van der Waals surface area contributed by atoms with E-state index in [1.165, 1.54) is 17.5 Å². The highest BCUT2D eigenvalue weighted by molar-refractivity contribution is 6.00. The van der Waals surface area contributed by atoms with Crippen molar-refractivity contribution in [3.05, 3.63) is 71.0 Å². The summed E-state index contributed by atoms with van der Waals surface area (Å²) in [5.41, 5.74) is 4.15. The Bertz CT molecular complexity index is 1230. The standard InChI is InChI=1S/C28H36N6O2/c1-6-29-27(35)22-17-30-26(16-23(22)32-25-9-7-8-24(33-25)28(2,3)36)31-20-12-10-18-11-13-21(34(4)5)15-19(18)14-20/h7-10,12,14,16-17,21,36H,6,11,13,15H2,1-5H3,(H,29,35)(H2,30,31,32,33). The zero-order valence-corrected chi connectivity index (χ0v) is 21.7. The Labute approximate surface area is 213 Å². The van der Waals surface area contributed by atoms with Gasteiger partial charge in [-0.15, -0.1) is 0 Å². The van der Waals surface area contributed by atoms with Crippen LogP contribution in [-0.4, -0.2) is 52.6 Å². The Morgan fingerprint density at radius 1 is 1.11 bits per heavy atom. The van der Waals surface area contributed by atoms with Crippen LogP contribution < -0.4 is 16.0 Å². The number of amides is 1. The molecule has 2 aromatic heterocycles. The van der Waals surface area contributed by atoms with Crippen molar-refractivity contribution < 1.29 is 9.90 Å². The Morgan fingerprint density at radius 3 is 2.64 bits per heavy atom. The molecule has 1 unspecified atom stereocenters. The first-order chi connectivity index (χ1) is 17.1. The molecule has 0 saturated heterocycles. The largest absolute Gasteiger partial charge is 0.384 e. The summed E-state index contributed by atoms with van der Waals surface area (Å²) >= 11 is 0. The molecule has 3 aromatic rings. The number of aromatic nitrogens is 2. The predicted molar refractivity (Wildman–Crippen MR) is 144 cm³/mol. The first kappa shape index (κ1) is 25.6. The maximum atomic E-state index is 12.7. The number of aryl methyl sites for hydroxylation is 1. The zero-order valence-electron chi connectivity index (χ0n) is 21.7. The van der Waals surface area contributed by atoms with Crippen LogP contribution in [0.4, 0.5) is 23.0 Å². The van der Waals surface area contributed by atoms with Gasteiger partial charge in [0.05, 0.1) is 16.9 Å². The van der Waals surface area contributed by atoms with Crippen molar-refractivity contribution in [1.82, 2.24) is 20.2 Å². The Morgan fingerprint density at radius 2 is 1.92 bits per heavy atom. The van der Waals surface area contributed by atoms with Crippen molar-refractivity contribution >= 4 is 28.9 Å². The number of nitrogens with one attached hydrogen (secondary N) is 3. The van der Waals surface area contributed by atoms with E-state index >= 15 is 0 Å². The number of likely N-dealkylation sites (N-methyl/N-ethyl adjacent to an activating group) is 1. The van der Waals surface area contributed by atoms with Gasteiger partial charge >= 0.3 is 0 Å². The molecule has 1 aliphatic rings. The first-order valence-corrected chi connectivity index (χ1v) is 12.4.